The summed E-state index contributed by atoms with van der Waals surface area (Å²) in [5, 5.41) is 12.3. The molecule has 0 unspecified atom stereocenters. The lowest BCUT2D eigenvalue weighted by atomic mass is 10.2. The van der Waals surface area contributed by atoms with Crippen LogP contribution in [0.4, 0.5) is 0 Å². The van der Waals surface area contributed by atoms with Crippen molar-refractivity contribution in [3.8, 4) is 22.8 Å². The van der Waals surface area contributed by atoms with E-state index in [4.69, 9.17) is 9.47 Å². The highest BCUT2D eigenvalue weighted by Crippen LogP contribution is 2.35. The van der Waals surface area contributed by atoms with E-state index in [0.29, 0.717) is 12.3 Å². The van der Waals surface area contributed by atoms with Gasteiger partial charge in [-0.05, 0) is 39.7 Å². The van der Waals surface area contributed by atoms with E-state index in [-0.39, 0.29) is 0 Å². The average molecular weight is 375 g/mol. The molecule has 0 atom stereocenters. The van der Waals surface area contributed by atoms with Crippen LogP contribution in [0.2, 0.25) is 0 Å². The highest BCUT2D eigenvalue weighted by molar-refractivity contribution is 9.10. The Morgan fingerprint density at radius 2 is 1.83 bits per heavy atom. The maximum absolute atomic E-state index is 5.49. The lowest BCUT2D eigenvalue weighted by Gasteiger charge is -2.05. The lowest BCUT2D eigenvalue weighted by Crippen LogP contribution is -2.02. The monoisotopic (exact) mass is 374 g/mol. The van der Waals surface area contributed by atoms with E-state index in [1.54, 1.807) is 26.6 Å². The van der Waals surface area contributed by atoms with Gasteiger partial charge in [-0.25, -0.2) is 4.68 Å². The third-order valence-electron chi connectivity index (χ3n) is 3.40. The van der Waals surface area contributed by atoms with Crippen molar-refractivity contribution >= 4 is 15.9 Å². The molecule has 0 aliphatic carbocycles. The van der Waals surface area contributed by atoms with Crippen LogP contribution in [0.1, 0.15) is 5.56 Å². The SMILES string of the molecule is COc1ccc(Cn2nc(-c3ccnnc3)c(OC)c2Br)cc1. The van der Waals surface area contributed by atoms with Crippen LogP contribution in [0.25, 0.3) is 11.3 Å². The van der Waals surface area contributed by atoms with Crippen LogP contribution in [-0.4, -0.2) is 34.2 Å². The van der Waals surface area contributed by atoms with Gasteiger partial charge in [-0.15, -0.1) is 0 Å². The van der Waals surface area contributed by atoms with Gasteiger partial charge in [0.05, 0.1) is 33.2 Å². The van der Waals surface area contributed by atoms with Gasteiger partial charge in [-0.1, -0.05) is 12.1 Å². The fraction of sp³-hybridized carbons (Fsp3) is 0.188. The van der Waals surface area contributed by atoms with E-state index < -0.39 is 0 Å². The molecule has 0 radical (unpaired) electrons. The molecule has 0 saturated carbocycles. The largest absolute Gasteiger partial charge is 0.497 e. The molecular weight excluding hydrogens is 360 g/mol. The minimum Gasteiger partial charge on any atom is -0.497 e. The third-order valence-corrected chi connectivity index (χ3v) is 4.17. The maximum atomic E-state index is 5.49. The summed E-state index contributed by atoms with van der Waals surface area (Å²) >= 11 is 3.56. The Hall–Kier alpha value is -2.41. The number of rotatable bonds is 5. The molecule has 0 N–H and O–H groups in total. The van der Waals surface area contributed by atoms with E-state index in [2.05, 4.69) is 31.2 Å². The van der Waals surface area contributed by atoms with E-state index >= 15 is 0 Å². The summed E-state index contributed by atoms with van der Waals surface area (Å²) < 4.78 is 13.3. The molecule has 0 saturated heterocycles. The summed E-state index contributed by atoms with van der Waals surface area (Å²) in [5.41, 5.74) is 2.69. The first kappa shape index (κ1) is 15.5. The van der Waals surface area contributed by atoms with Gasteiger partial charge in [0, 0.05) is 5.56 Å². The average Bonchev–Trinajstić information content (AvgIpc) is 2.92. The van der Waals surface area contributed by atoms with Gasteiger partial charge >= 0.3 is 0 Å². The zero-order valence-corrected chi connectivity index (χ0v) is 14.3. The standard InChI is InChI=1S/C16H15BrN4O2/c1-22-13-5-3-11(4-6-13)10-21-16(17)15(23-2)14(20-21)12-7-8-18-19-9-12/h3-9H,10H2,1-2H3. The normalized spacial score (nSPS) is 10.6. The Morgan fingerprint density at radius 3 is 2.43 bits per heavy atom. The van der Waals surface area contributed by atoms with Crippen molar-refractivity contribution < 1.29 is 9.47 Å². The molecule has 2 aromatic heterocycles. The Morgan fingerprint density at radius 1 is 1.04 bits per heavy atom. The van der Waals surface area contributed by atoms with Gasteiger partial charge in [0.2, 0.25) is 0 Å². The smallest absolute Gasteiger partial charge is 0.179 e. The first-order valence-electron chi connectivity index (χ1n) is 6.93. The number of nitrogens with zero attached hydrogens (tertiary/aromatic N) is 4. The molecule has 2 heterocycles. The summed E-state index contributed by atoms with van der Waals surface area (Å²) in [6, 6.07) is 9.72. The Kier molecular flexibility index (Phi) is 4.57. The zero-order valence-electron chi connectivity index (χ0n) is 12.7. The van der Waals surface area contributed by atoms with Crippen molar-refractivity contribution in [3.05, 3.63) is 52.9 Å². The molecule has 0 spiro atoms. The number of methoxy groups -OCH3 is 2. The Labute approximate surface area is 142 Å². The quantitative estimate of drug-likeness (QED) is 0.686. The molecule has 3 rings (SSSR count). The molecule has 0 amide bonds. The topological polar surface area (TPSA) is 62.1 Å². The molecule has 118 valence electrons. The molecule has 0 aliphatic heterocycles. The Balaban J connectivity index is 1.95. The van der Waals surface area contributed by atoms with E-state index in [9.17, 15) is 0 Å². The van der Waals surface area contributed by atoms with Crippen LogP contribution in [0, 0.1) is 0 Å². The Bertz CT molecular complexity index is 788. The summed E-state index contributed by atoms with van der Waals surface area (Å²) in [6.45, 7) is 0.611. The molecule has 0 fully saturated rings. The highest BCUT2D eigenvalue weighted by Gasteiger charge is 2.18. The molecule has 6 nitrogen and oxygen atoms in total. The summed E-state index contributed by atoms with van der Waals surface area (Å²) in [5.74, 6) is 1.50. The third kappa shape index (κ3) is 3.19. The van der Waals surface area contributed by atoms with Crippen molar-refractivity contribution in [2.45, 2.75) is 6.54 Å². The van der Waals surface area contributed by atoms with Crippen LogP contribution in [0.15, 0.2) is 47.3 Å². The molecule has 1 aromatic carbocycles. The molecule has 0 aliphatic rings. The van der Waals surface area contributed by atoms with E-state index in [1.807, 2.05) is 35.0 Å². The number of aromatic nitrogens is 4. The fourth-order valence-electron chi connectivity index (χ4n) is 2.23. The molecular formula is C16H15BrN4O2. The van der Waals surface area contributed by atoms with Crippen molar-refractivity contribution in [3.63, 3.8) is 0 Å². The molecule has 7 heteroatoms. The first-order chi connectivity index (χ1) is 11.2. The summed E-state index contributed by atoms with van der Waals surface area (Å²) in [6.07, 6.45) is 3.29. The van der Waals surface area contributed by atoms with Crippen LogP contribution in [-0.2, 0) is 6.54 Å². The zero-order chi connectivity index (χ0) is 16.2. The second-order valence-electron chi connectivity index (χ2n) is 4.81. The lowest BCUT2D eigenvalue weighted by molar-refractivity contribution is 0.412. The van der Waals surface area contributed by atoms with Crippen molar-refractivity contribution in [1.29, 1.82) is 0 Å². The molecule has 23 heavy (non-hydrogen) atoms. The second-order valence-corrected chi connectivity index (χ2v) is 5.56. The van der Waals surface area contributed by atoms with Gasteiger partial charge in [0.1, 0.15) is 16.0 Å². The maximum Gasteiger partial charge on any atom is 0.179 e. The van der Waals surface area contributed by atoms with Gasteiger partial charge < -0.3 is 9.47 Å². The van der Waals surface area contributed by atoms with Crippen LogP contribution in [0.5, 0.6) is 11.5 Å². The predicted molar refractivity (Wildman–Crippen MR) is 89.6 cm³/mol. The van der Waals surface area contributed by atoms with Crippen LogP contribution >= 0.6 is 15.9 Å². The second kappa shape index (κ2) is 6.78. The fourth-order valence-corrected chi connectivity index (χ4v) is 2.79. The van der Waals surface area contributed by atoms with Crippen molar-refractivity contribution in [2.75, 3.05) is 14.2 Å². The summed E-state index contributed by atoms with van der Waals surface area (Å²) in [7, 11) is 3.27. The molecule has 0 bridgehead atoms. The number of hydrogen-bond acceptors (Lipinski definition) is 5. The first-order valence-corrected chi connectivity index (χ1v) is 7.72. The van der Waals surface area contributed by atoms with Crippen LogP contribution in [0.3, 0.4) is 0 Å². The number of halogens is 1. The van der Waals surface area contributed by atoms with Crippen molar-refractivity contribution in [1.82, 2.24) is 20.0 Å². The minimum absolute atomic E-state index is 0.611. The minimum atomic E-state index is 0.611. The number of benzene rings is 1. The number of hydrogen-bond donors (Lipinski definition) is 0. The molecule has 3 aromatic rings. The predicted octanol–water partition coefficient (Wildman–Crippen LogP) is 3.17. The van der Waals surface area contributed by atoms with E-state index in [1.165, 1.54) is 0 Å². The van der Waals surface area contributed by atoms with Gasteiger partial charge in [0.25, 0.3) is 0 Å². The van der Waals surface area contributed by atoms with E-state index in [0.717, 1.165) is 27.2 Å². The van der Waals surface area contributed by atoms with Gasteiger partial charge in [-0.3, -0.25) is 0 Å². The van der Waals surface area contributed by atoms with Crippen LogP contribution < -0.4 is 9.47 Å². The highest BCUT2D eigenvalue weighted by atomic mass is 79.9. The summed E-state index contributed by atoms with van der Waals surface area (Å²) in [4.78, 5) is 0. The number of ether oxygens (including phenoxy) is 2. The van der Waals surface area contributed by atoms with Crippen molar-refractivity contribution in [2.24, 2.45) is 0 Å². The van der Waals surface area contributed by atoms with Gasteiger partial charge in [-0.2, -0.15) is 15.3 Å². The van der Waals surface area contributed by atoms with Gasteiger partial charge in [0.15, 0.2) is 5.75 Å².